The molecule has 3 aliphatic rings. The van der Waals surface area contributed by atoms with E-state index in [-0.39, 0.29) is 41.7 Å². The number of fused-ring (bicyclic) bond motifs is 1. The second-order valence-corrected chi connectivity index (χ2v) is 10.5. The summed E-state index contributed by atoms with van der Waals surface area (Å²) in [6, 6.07) is 8.02. The van der Waals surface area contributed by atoms with Gasteiger partial charge in [-0.25, -0.2) is 4.98 Å². The SMILES string of the molecule is Cc1ccc(CNC(=O)[C@@]2(C)Cn3cnc(C(=O)NCCC4=CCCCC4)c3C(=O)N2C2CC2)cc1. The van der Waals surface area contributed by atoms with E-state index in [9.17, 15) is 14.4 Å². The first-order valence-electron chi connectivity index (χ1n) is 13.1. The predicted octanol–water partition coefficient (Wildman–Crippen LogP) is 3.51. The molecule has 5 rings (SSSR count). The molecule has 36 heavy (non-hydrogen) atoms. The maximum absolute atomic E-state index is 13.7. The van der Waals surface area contributed by atoms with E-state index >= 15 is 0 Å². The third kappa shape index (κ3) is 4.81. The van der Waals surface area contributed by atoms with E-state index in [1.807, 2.05) is 38.1 Å². The van der Waals surface area contributed by atoms with Gasteiger partial charge in [-0.1, -0.05) is 41.5 Å². The Morgan fingerprint density at radius 1 is 1.14 bits per heavy atom. The lowest BCUT2D eigenvalue weighted by atomic mass is 9.93. The minimum atomic E-state index is -1.06. The van der Waals surface area contributed by atoms with Crippen LogP contribution in [0.1, 0.15) is 84.0 Å². The van der Waals surface area contributed by atoms with Gasteiger partial charge in [0.25, 0.3) is 11.8 Å². The molecule has 1 atom stereocenters. The minimum Gasteiger partial charge on any atom is -0.350 e. The number of amides is 3. The molecule has 1 aromatic heterocycles. The molecule has 8 heteroatoms. The number of benzene rings is 1. The quantitative estimate of drug-likeness (QED) is 0.555. The van der Waals surface area contributed by atoms with E-state index in [1.54, 1.807) is 9.47 Å². The molecule has 1 fully saturated rings. The first-order valence-corrected chi connectivity index (χ1v) is 13.1. The van der Waals surface area contributed by atoms with E-state index in [0.717, 1.165) is 43.2 Å². The van der Waals surface area contributed by atoms with Gasteiger partial charge < -0.3 is 20.1 Å². The predicted molar refractivity (Wildman–Crippen MR) is 136 cm³/mol. The molecular formula is C28H35N5O3. The molecule has 0 spiro atoms. The topological polar surface area (TPSA) is 96.3 Å². The third-order valence-electron chi connectivity index (χ3n) is 7.58. The summed E-state index contributed by atoms with van der Waals surface area (Å²) in [5.74, 6) is -0.833. The summed E-state index contributed by atoms with van der Waals surface area (Å²) in [5, 5.41) is 5.97. The summed E-state index contributed by atoms with van der Waals surface area (Å²) < 4.78 is 1.67. The van der Waals surface area contributed by atoms with Gasteiger partial charge in [0.2, 0.25) is 5.91 Å². The number of carbonyl (C=O) groups is 3. The summed E-state index contributed by atoms with van der Waals surface area (Å²) >= 11 is 0. The van der Waals surface area contributed by atoms with Crippen LogP contribution in [-0.2, 0) is 17.9 Å². The van der Waals surface area contributed by atoms with E-state index in [4.69, 9.17) is 0 Å². The highest BCUT2D eigenvalue weighted by Gasteiger charge is 2.53. The van der Waals surface area contributed by atoms with Gasteiger partial charge in [-0.3, -0.25) is 14.4 Å². The largest absolute Gasteiger partial charge is 0.350 e. The molecule has 2 aromatic rings. The molecule has 3 amide bonds. The Bertz CT molecular complexity index is 1190. The molecule has 2 heterocycles. The molecule has 0 radical (unpaired) electrons. The lowest BCUT2D eigenvalue weighted by molar-refractivity contribution is -0.133. The maximum Gasteiger partial charge on any atom is 0.274 e. The summed E-state index contributed by atoms with van der Waals surface area (Å²) in [4.78, 5) is 46.2. The summed E-state index contributed by atoms with van der Waals surface area (Å²) in [6.45, 7) is 5.01. The van der Waals surface area contributed by atoms with E-state index in [1.165, 1.54) is 24.7 Å². The van der Waals surface area contributed by atoms with Crippen LogP contribution >= 0.6 is 0 Å². The average molecular weight is 490 g/mol. The van der Waals surface area contributed by atoms with Crippen molar-refractivity contribution in [1.29, 1.82) is 0 Å². The van der Waals surface area contributed by atoms with Gasteiger partial charge in [0.1, 0.15) is 11.2 Å². The number of allylic oxidation sites excluding steroid dienone is 1. The molecule has 1 aliphatic heterocycles. The van der Waals surface area contributed by atoms with Crippen LogP contribution in [0.15, 0.2) is 42.2 Å². The van der Waals surface area contributed by atoms with Crippen LogP contribution in [0.4, 0.5) is 0 Å². The van der Waals surface area contributed by atoms with E-state index < -0.39 is 5.54 Å². The summed E-state index contributed by atoms with van der Waals surface area (Å²) in [6.07, 6.45) is 11.0. The van der Waals surface area contributed by atoms with Gasteiger partial charge in [0.05, 0.1) is 12.9 Å². The Morgan fingerprint density at radius 3 is 2.61 bits per heavy atom. The number of aromatic nitrogens is 2. The molecule has 0 unspecified atom stereocenters. The van der Waals surface area contributed by atoms with Crippen molar-refractivity contribution in [2.75, 3.05) is 6.54 Å². The van der Waals surface area contributed by atoms with Crippen LogP contribution in [0.2, 0.25) is 0 Å². The van der Waals surface area contributed by atoms with Crippen LogP contribution < -0.4 is 10.6 Å². The zero-order chi connectivity index (χ0) is 25.3. The number of aryl methyl sites for hydroxylation is 1. The van der Waals surface area contributed by atoms with Gasteiger partial charge >= 0.3 is 0 Å². The number of nitrogens with one attached hydrogen (secondary N) is 2. The zero-order valence-corrected chi connectivity index (χ0v) is 21.2. The number of nitrogens with zero attached hydrogens (tertiary/aromatic N) is 3. The highest BCUT2D eigenvalue weighted by atomic mass is 16.2. The van der Waals surface area contributed by atoms with Crippen molar-refractivity contribution < 1.29 is 14.4 Å². The Morgan fingerprint density at radius 2 is 1.92 bits per heavy atom. The number of rotatable bonds is 8. The highest BCUT2D eigenvalue weighted by Crippen LogP contribution is 2.38. The van der Waals surface area contributed by atoms with Crippen molar-refractivity contribution in [2.24, 2.45) is 0 Å². The smallest absolute Gasteiger partial charge is 0.274 e. The zero-order valence-electron chi connectivity index (χ0n) is 21.2. The molecule has 1 saturated carbocycles. The molecule has 2 N–H and O–H groups in total. The lowest BCUT2D eigenvalue weighted by Crippen LogP contribution is -2.64. The fourth-order valence-corrected chi connectivity index (χ4v) is 5.35. The highest BCUT2D eigenvalue weighted by molar-refractivity contribution is 6.07. The Kier molecular flexibility index (Phi) is 6.69. The molecule has 2 aliphatic carbocycles. The van der Waals surface area contributed by atoms with Crippen LogP contribution in [0.5, 0.6) is 0 Å². The number of hydrogen-bond donors (Lipinski definition) is 2. The molecule has 0 saturated heterocycles. The van der Waals surface area contributed by atoms with Crippen molar-refractivity contribution in [3.8, 4) is 0 Å². The first-order chi connectivity index (χ1) is 17.4. The van der Waals surface area contributed by atoms with Crippen LogP contribution in [-0.4, -0.2) is 50.3 Å². The van der Waals surface area contributed by atoms with Crippen LogP contribution in [0.25, 0.3) is 0 Å². The molecule has 0 bridgehead atoms. The third-order valence-corrected chi connectivity index (χ3v) is 7.58. The summed E-state index contributed by atoms with van der Waals surface area (Å²) in [5.41, 5.74) is 2.91. The molecule has 8 nitrogen and oxygen atoms in total. The van der Waals surface area contributed by atoms with Crippen molar-refractivity contribution in [2.45, 2.75) is 83.5 Å². The van der Waals surface area contributed by atoms with E-state index in [0.29, 0.717) is 13.1 Å². The fourth-order valence-electron chi connectivity index (χ4n) is 5.35. The van der Waals surface area contributed by atoms with Gasteiger partial charge in [-0.05, 0) is 64.4 Å². The standard InChI is InChI=1S/C28H35N5O3/c1-19-8-10-21(11-9-19)16-30-27(36)28(2)17-32-18-31-23(24(32)26(35)33(28)22-12-13-22)25(34)29-15-14-20-6-4-3-5-7-20/h6,8-11,18,22H,3-5,7,12-17H2,1-2H3,(H,29,34)(H,30,36)/t28-/m1/s1. The minimum absolute atomic E-state index is 0.00502. The Hall–Kier alpha value is -3.42. The average Bonchev–Trinajstić information content (AvgIpc) is 3.61. The monoisotopic (exact) mass is 489 g/mol. The Balaban J connectivity index is 1.31. The number of hydrogen-bond acceptors (Lipinski definition) is 4. The molecule has 1 aromatic carbocycles. The van der Waals surface area contributed by atoms with E-state index in [2.05, 4.69) is 21.7 Å². The van der Waals surface area contributed by atoms with Crippen LogP contribution in [0, 0.1) is 6.92 Å². The van der Waals surface area contributed by atoms with Crippen molar-refractivity contribution in [1.82, 2.24) is 25.1 Å². The van der Waals surface area contributed by atoms with Gasteiger partial charge in [-0.15, -0.1) is 0 Å². The second-order valence-electron chi connectivity index (χ2n) is 10.5. The molecule has 190 valence electrons. The van der Waals surface area contributed by atoms with Crippen LogP contribution in [0.3, 0.4) is 0 Å². The van der Waals surface area contributed by atoms with Crippen molar-refractivity contribution in [3.63, 3.8) is 0 Å². The number of imidazole rings is 1. The van der Waals surface area contributed by atoms with Gasteiger partial charge in [0, 0.05) is 19.1 Å². The number of carbonyl (C=O) groups excluding carboxylic acids is 3. The second kappa shape index (κ2) is 9.91. The summed E-state index contributed by atoms with van der Waals surface area (Å²) in [7, 11) is 0. The maximum atomic E-state index is 13.7. The first kappa shape index (κ1) is 24.3. The fraction of sp³-hybridized carbons (Fsp3) is 0.500. The lowest BCUT2D eigenvalue weighted by Gasteiger charge is -2.44. The van der Waals surface area contributed by atoms with Gasteiger partial charge in [-0.2, -0.15) is 0 Å². The Labute approximate surface area is 212 Å². The molecular weight excluding hydrogens is 454 g/mol. The normalized spacial score (nSPS) is 21.6. The van der Waals surface area contributed by atoms with Crippen molar-refractivity contribution in [3.05, 3.63) is 64.8 Å². The van der Waals surface area contributed by atoms with Crippen molar-refractivity contribution >= 4 is 17.7 Å². The van der Waals surface area contributed by atoms with Gasteiger partial charge in [0.15, 0.2) is 5.69 Å².